The highest BCUT2D eigenvalue weighted by atomic mass is 19.2. The van der Waals surface area contributed by atoms with Crippen LogP contribution in [0.4, 0.5) is 8.78 Å². The van der Waals surface area contributed by atoms with Crippen LogP contribution in [-0.4, -0.2) is 18.0 Å². The molecule has 0 spiro atoms. The highest BCUT2D eigenvalue weighted by Gasteiger charge is 2.15. The second-order valence-corrected chi connectivity index (χ2v) is 5.77. The zero-order valence-corrected chi connectivity index (χ0v) is 13.1. The first-order valence-electron chi connectivity index (χ1n) is 7.47. The zero-order valence-electron chi connectivity index (χ0n) is 13.1. The maximum Gasteiger partial charge on any atom is 0.237 e. The van der Waals surface area contributed by atoms with E-state index in [1.54, 1.807) is 24.3 Å². The number of amides is 1. The second-order valence-electron chi connectivity index (χ2n) is 5.77. The van der Waals surface area contributed by atoms with Crippen LogP contribution in [0, 0.1) is 11.6 Å². The summed E-state index contributed by atoms with van der Waals surface area (Å²) in [7, 11) is 0. The van der Waals surface area contributed by atoms with Gasteiger partial charge in [0.15, 0.2) is 11.6 Å². The van der Waals surface area contributed by atoms with Gasteiger partial charge in [-0.15, -0.1) is 0 Å². The van der Waals surface area contributed by atoms with Crippen LogP contribution in [0.2, 0.25) is 0 Å². The van der Waals surface area contributed by atoms with E-state index >= 15 is 0 Å². The van der Waals surface area contributed by atoms with Crippen LogP contribution in [0.5, 0.6) is 0 Å². The maximum atomic E-state index is 13.8. The van der Waals surface area contributed by atoms with Crippen LogP contribution in [0.3, 0.4) is 0 Å². The van der Waals surface area contributed by atoms with Gasteiger partial charge < -0.3 is 11.1 Å². The van der Waals surface area contributed by atoms with Gasteiger partial charge in [0.2, 0.25) is 5.91 Å². The standard InChI is InChI=1S/C18H20F2N2O/c1-11(2)22-18(23)16(21)10-12-6-8-13(9-7-12)14-4-3-5-15(19)17(14)20/h3-9,11,16H,10,21H2,1-2H3,(H,22,23)/t16-/m0/s1. The van der Waals surface area contributed by atoms with Gasteiger partial charge in [0, 0.05) is 11.6 Å². The van der Waals surface area contributed by atoms with E-state index in [4.69, 9.17) is 5.73 Å². The fraction of sp³-hybridized carbons (Fsp3) is 0.278. The molecule has 0 bridgehead atoms. The third kappa shape index (κ3) is 4.36. The van der Waals surface area contributed by atoms with Gasteiger partial charge >= 0.3 is 0 Å². The minimum atomic E-state index is -0.876. The van der Waals surface area contributed by atoms with Gasteiger partial charge in [0.05, 0.1) is 6.04 Å². The van der Waals surface area contributed by atoms with Crippen molar-refractivity contribution >= 4 is 5.91 Å². The van der Waals surface area contributed by atoms with Crippen molar-refractivity contribution < 1.29 is 13.6 Å². The molecule has 2 rings (SSSR count). The summed E-state index contributed by atoms with van der Waals surface area (Å²) >= 11 is 0. The molecule has 1 atom stereocenters. The summed E-state index contributed by atoms with van der Waals surface area (Å²) in [4.78, 5) is 11.8. The predicted octanol–water partition coefficient (Wildman–Crippen LogP) is 3.03. The fourth-order valence-corrected chi connectivity index (χ4v) is 2.29. The second kappa shape index (κ2) is 7.33. The molecule has 0 fully saturated rings. The van der Waals surface area contributed by atoms with E-state index in [0.717, 1.165) is 11.6 Å². The number of carbonyl (C=O) groups is 1. The van der Waals surface area contributed by atoms with Gasteiger partial charge in [0.25, 0.3) is 0 Å². The molecule has 2 aromatic carbocycles. The van der Waals surface area contributed by atoms with Crippen LogP contribution in [0.15, 0.2) is 42.5 Å². The third-order valence-electron chi connectivity index (χ3n) is 3.44. The number of rotatable bonds is 5. The summed E-state index contributed by atoms with van der Waals surface area (Å²) in [5, 5.41) is 2.76. The average Bonchev–Trinajstić information content (AvgIpc) is 2.50. The molecule has 3 N–H and O–H groups in total. The summed E-state index contributed by atoms with van der Waals surface area (Å²) < 4.78 is 27.1. The van der Waals surface area contributed by atoms with Gasteiger partial charge in [-0.3, -0.25) is 4.79 Å². The highest BCUT2D eigenvalue weighted by molar-refractivity contribution is 5.82. The Balaban J connectivity index is 2.11. The van der Waals surface area contributed by atoms with Crippen molar-refractivity contribution in [2.75, 3.05) is 0 Å². The molecule has 23 heavy (non-hydrogen) atoms. The number of halogens is 2. The van der Waals surface area contributed by atoms with Crippen LogP contribution >= 0.6 is 0 Å². The van der Waals surface area contributed by atoms with E-state index in [1.165, 1.54) is 12.1 Å². The number of carbonyl (C=O) groups excluding carboxylic acids is 1. The minimum Gasteiger partial charge on any atom is -0.353 e. The Labute approximate surface area is 134 Å². The predicted molar refractivity (Wildman–Crippen MR) is 86.8 cm³/mol. The molecule has 0 aliphatic carbocycles. The molecule has 0 unspecified atom stereocenters. The monoisotopic (exact) mass is 318 g/mol. The Bertz CT molecular complexity index is 684. The van der Waals surface area contributed by atoms with Crippen LogP contribution < -0.4 is 11.1 Å². The maximum absolute atomic E-state index is 13.8. The normalized spacial score (nSPS) is 12.3. The SMILES string of the molecule is CC(C)NC(=O)[C@@H](N)Cc1ccc(-c2cccc(F)c2F)cc1. The van der Waals surface area contributed by atoms with Gasteiger partial charge in [-0.1, -0.05) is 36.4 Å². The van der Waals surface area contributed by atoms with Crippen LogP contribution in [0.1, 0.15) is 19.4 Å². The molecule has 2 aromatic rings. The Hall–Kier alpha value is -2.27. The molecule has 0 radical (unpaired) electrons. The molecule has 122 valence electrons. The van der Waals surface area contributed by atoms with E-state index in [0.29, 0.717) is 12.0 Å². The highest BCUT2D eigenvalue weighted by Crippen LogP contribution is 2.24. The van der Waals surface area contributed by atoms with E-state index in [1.807, 2.05) is 13.8 Å². The smallest absolute Gasteiger partial charge is 0.237 e. The lowest BCUT2D eigenvalue weighted by atomic mass is 10.00. The number of nitrogens with one attached hydrogen (secondary N) is 1. The number of nitrogens with two attached hydrogens (primary N) is 1. The lowest BCUT2D eigenvalue weighted by Gasteiger charge is -2.14. The van der Waals surface area contributed by atoms with E-state index in [9.17, 15) is 13.6 Å². The quantitative estimate of drug-likeness (QED) is 0.890. The molecule has 0 aromatic heterocycles. The Morgan fingerprint density at radius 3 is 2.39 bits per heavy atom. The molecule has 0 saturated carbocycles. The zero-order chi connectivity index (χ0) is 17.0. The third-order valence-corrected chi connectivity index (χ3v) is 3.44. The lowest BCUT2D eigenvalue weighted by Crippen LogP contribution is -2.44. The van der Waals surface area contributed by atoms with Crippen LogP contribution in [-0.2, 0) is 11.2 Å². The summed E-state index contributed by atoms with van der Waals surface area (Å²) in [6.07, 6.45) is 0.379. The molecule has 0 aliphatic heterocycles. The topological polar surface area (TPSA) is 55.1 Å². The van der Waals surface area contributed by atoms with Gasteiger partial charge in [-0.2, -0.15) is 0 Å². The number of benzene rings is 2. The van der Waals surface area contributed by atoms with Crippen molar-refractivity contribution in [3.05, 3.63) is 59.7 Å². The summed E-state index contributed by atoms with van der Waals surface area (Å²) in [6, 6.07) is 10.4. The van der Waals surface area contributed by atoms with Gasteiger partial charge in [-0.05, 0) is 37.5 Å². The largest absolute Gasteiger partial charge is 0.353 e. The average molecular weight is 318 g/mol. The number of hydrogen-bond donors (Lipinski definition) is 2. The first-order chi connectivity index (χ1) is 10.9. The molecular weight excluding hydrogens is 298 g/mol. The van der Waals surface area contributed by atoms with E-state index in [2.05, 4.69) is 5.32 Å². The number of hydrogen-bond acceptors (Lipinski definition) is 2. The molecule has 1 amide bonds. The fourth-order valence-electron chi connectivity index (χ4n) is 2.29. The minimum absolute atomic E-state index is 0.0341. The first-order valence-corrected chi connectivity index (χ1v) is 7.47. The molecule has 0 heterocycles. The summed E-state index contributed by atoms with van der Waals surface area (Å²) in [5.41, 5.74) is 7.51. The molecular formula is C18H20F2N2O. The Kier molecular flexibility index (Phi) is 5.45. The van der Waals surface area contributed by atoms with Crippen molar-refractivity contribution in [1.29, 1.82) is 0 Å². The van der Waals surface area contributed by atoms with Crippen molar-refractivity contribution in [2.45, 2.75) is 32.4 Å². The molecule has 5 heteroatoms. The van der Waals surface area contributed by atoms with Gasteiger partial charge in [0.1, 0.15) is 0 Å². The van der Waals surface area contributed by atoms with Crippen molar-refractivity contribution in [1.82, 2.24) is 5.32 Å². The molecule has 0 saturated heterocycles. The Morgan fingerprint density at radius 2 is 1.78 bits per heavy atom. The summed E-state index contributed by atoms with van der Waals surface area (Å²) in [6.45, 7) is 3.74. The van der Waals surface area contributed by atoms with E-state index < -0.39 is 17.7 Å². The van der Waals surface area contributed by atoms with Crippen molar-refractivity contribution in [2.24, 2.45) is 5.73 Å². The lowest BCUT2D eigenvalue weighted by molar-refractivity contribution is -0.122. The van der Waals surface area contributed by atoms with E-state index in [-0.39, 0.29) is 17.5 Å². The molecule has 3 nitrogen and oxygen atoms in total. The summed E-state index contributed by atoms with van der Waals surface area (Å²) in [5.74, 6) is -1.95. The van der Waals surface area contributed by atoms with Crippen molar-refractivity contribution in [3.63, 3.8) is 0 Å². The van der Waals surface area contributed by atoms with Crippen molar-refractivity contribution in [3.8, 4) is 11.1 Å². The first kappa shape index (κ1) is 17.1. The van der Waals surface area contributed by atoms with Crippen LogP contribution in [0.25, 0.3) is 11.1 Å². The van der Waals surface area contributed by atoms with Gasteiger partial charge in [-0.25, -0.2) is 8.78 Å². The Morgan fingerprint density at radius 1 is 1.13 bits per heavy atom. The molecule has 0 aliphatic rings.